The minimum atomic E-state index is -4.68. The van der Waals surface area contributed by atoms with Crippen LogP contribution in [0.1, 0.15) is 122 Å². The molecule has 0 atom stereocenters. The number of benzene rings is 2. The van der Waals surface area contributed by atoms with Gasteiger partial charge >= 0.3 is 12.1 Å². The van der Waals surface area contributed by atoms with Crippen molar-refractivity contribution in [2.45, 2.75) is 90.8 Å². The second-order valence-electron chi connectivity index (χ2n) is 13.2. The molecule has 3 aliphatic heterocycles. The van der Waals surface area contributed by atoms with Gasteiger partial charge < -0.3 is 19.8 Å². The number of aromatic nitrogens is 1. The fourth-order valence-electron chi connectivity index (χ4n) is 6.38. The molecule has 260 valence electrons. The van der Waals surface area contributed by atoms with E-state index in [1.165, 1.54) is 37.6 Å². The Morgan fingerprint density at radius 2 is 1.49 bits per heavy atom. The Morgan fingerprint density at radius 3 is 2.06 bits per heavy atom. The van der Waals surface area contributed by atoms with E-state index in [9.17, 15) is 32.3 Å². The quantitative estimate of drug-likeness (QED) is 0.304. The molecular weight excluding hydrogens is 661 g/mol. The normalized spacial score (nSPS) is 16.6. The number of aromatic carboxylic acids is 1. The van der Waals surface area contributed by atoms with E-state index in [2.05, 4.69) is 18.8 Å². The Bertz CT molecular complexity index is 1820. The molecule has 13 heteroatoms. The number of carbonyl (C=O) groups excluding carboxylic acids is 3. The highest BCUT2D eigenvalue weighted by molar-refractivity contribution is 6.30. The molecule has 1 aromatic heterocycles. The Morgan fingerprint density at radius 1 is 0.857 bits per heavy atom. The molecule has 3 amide bonds. The Labute approximate surface area is 287 Å². The van der Waals surface area contributed by atoms with Gasteiger partial charge in [-0.25, -0.2) is 4.79 Å². The summed E-state index contributed by atoms with van der Waals surface area (Å²) in [6.07, 6.45) is 0.895. The number of rotatable bonds is 4. The Kier molecular flexibility index (Phi) is 10.1. The van der Waals surface area contributed by atoms with Crippen LogP contribution in [-0.4, -0.2) is 67.6 Å². The molecule has 0 unspecified atom stereocenters. The number of amides is 3. The van der Waals surface area contributed by atoms with E-state index in [0.717, 1.165) is 34.2 Å². The molecule has 0 saturated heterocycles. The van der Waals surface area contributed by atoms with E-state index in [-0.39, 0.29) is 41.6 Å². The number of carboxylic acids is 1. The number of hydrogen-bond donors (Lipinski definition) is 1. The fraction of sp³-hybridized carbons (Fsp3) is 0.417. The summed E-state index contributed by atoms with van der Waals surface area (Å²) >= 11 is 5.87. The monoisotopic (exact) mass is 698 g/mol. The van der Waals surface area contributed by atoms with Gasteiger partial charge in [-0.2, -0.15) is 13.2 Å². The molecule has 4 aliphatic rings. The van der Waals surface area contributed by atoms with Crippen LogP contribution < -0.4 is 0 Å². The van der Waals surface area contributed by atoms with Crippen molar-refractivity contribution in [3.63, 3.8) is 0 Å². The summed E-state index contributed by atoms with van der Waals surface area (Å²) in [5.41, 5.74) is 3.14. The molecule has 1 N–H and O–H groups in total. The van der Waals surface area contributed by atoms with Crippen molar-refractivity contribution in [3.05, 3.63) is 97.8 Å². The van der Waals surface area contributed by atoms with Crippen molar-refractivity contribution in [1.29, 1.82) is 0 Å². The van der Waals surface area contributed by atoms with Gasteiger partial charge in [0.05, 0.1) is 11.1 Å². The van der Waals surface area contributed by atoms with Crippen LogP contribution in [0.5, 0.6) is 0 Å². The largest absolute Gasteiger partial charge is 0.478 e. The number of pyridine rings is 1. The lowest BCUT2D eigenvalue weighted by molar-refractivity contribution is -0.138. The number of alkyl halides is 3. The highest BCUT2D eigenvalue weighted by Gasteiger charge is 2.40. The van der Waals surface area contributed by atoms with Crippen molar-refractivity contribution in [1.82, 2.24) is 19.7 Å². The summed E-state index contributed by atoms with van der Waals surface area (Å²) in [5.74, 6) is -1.20. The zero-order chi connectivity index (χ0) is 35.9. The summed E-state index contributed by atoms with van der Waals surface area (Å²) < 4.78 is 38.5. The smallest absolute Gasteiger partial charge is 0.416 e. The number of nitrogens with zero attached hydrogens (tertiary/aromatic N) is 4. The van der Waals surface area contributed by atoms with Gasteiger partial charge in [0.15, 0.2) is 0 Å². The molecule has 1 saturated carbocycles. The van der Waals surface area contributed by atoms with Gasteiger partial charge in [0.25, 0.3) is 17.7 Å². The highest BCUT2D eigenvalue weighted by atomic mass is 35.5. The van der Waals surface area contributed by atoms with Gasteiger partial charge in [-0.05, 0) is 88.1 Å². The van der Waals surface area contributed by atoms with Crippen LogP contribution in [0.15, 0.2) is 42.6 Å². The zero-order valence-electron chi connectivity index (χ0n) is 27.9. The van der Waals surface area contributed by atoms with E-state index in [4.69, 9.17) is 16.7 Å². The third-order valence-electron chi connectivity index (χ3n) is 9.32. The number of fused-ring (bicyclic) bond motifs is 3. The molecule has 1 aliphatic carbocycles. The molecule has 2 aromatic carbocycles. The molecule has 0 spiro atoms. The first-order valence-electron chi connectivity index (χ1n) is 16.1. The van der Waals surface area contributed by atoms with Crippen molar-refractivity contribution < 1.29 is 37.5 Å². The second-order valence-corrected chi connectivity index (χ2v) is 13.7. The molecule has 0 bridgehead atoms. The maximum Gasteiger partial charge on any atom is 0.416 e. The van der Waals surface area contributed by atoms with Crippen LogP contribution in [0.3, 0.4) is 0 Å². The van der Waals surface area contributed by atoms with Crippen LogP contribution in [-0.2, 0) is 25.8 Å². The number of halogens is 4. The number of hydrogen-bond acceptors (Lipinski definition) is 5. The molecule has 1 fully saturated rings. The molecule has 7 rings (SSSR count). The van der Waals surface area contributed by atoms with Crippen molar-refractivity contribution in [3.8, 4) is 0 Å². The van der Waals surface area contributed by atoms with Gasteiger partial charge in [0.1, 0.15) is 0 Å². The standard InChI is InChI=1S/C14H18N2O.C11H12ClNO.C11H8F3NO3/c1-9(2)16-8-12-11(14(16)17)6-7-15-13(12)10-4-3-5-10;1-7(2)13-6-8-5-9(12)3-4-10(8)11(13)14;1-15-4-7-6(9(15)16)2-5(10(17)18)3-8(7)11(12,13)14/h6-7,9-10H,3-5,8H2,1-2H3;3-5,7H,6H2,1-2H3;2-3H,4H2,1H3,(H,17,18). The topological polar surface area (TPSA) is 111 Å². The maximum atomic E-state index is 12.8. The Balaban J connectivity index is 0.000000144. The van der Waals surface area contributed by atoms with Crippen molar-refractivity contribution >= 4 is 35.3 Å². The first-order chi connectivity index (χ1) is 23.0. The minimum Gasteiger partial charge on any atom is -0.478 e. The lowest BCUT2D eigenvalue weighted by Gasteiger charge is -2.26. The second kappa shape index (κ2) is 13.8. The molecule has 4 heterocycles. The molecule has 3 aromatic rings. The van der Waals surface area contributed by atoms with Crippen LogP contribution in [0.2, 0.25) is 5.02 Å². The van der Waals surface area contributed by atoms with Gasteiger partial charge in [-0.3, -0.25) is 19.4 Å². The van der Waals surface area contributed by atoms with E-state index in [1.807, 2.05) is 41.8 Å². The van der Waals surface area contributed by atoms with E-state index >= 15 is 0 Å². The number of carbonyl (C=O) groups is 4. The highest BCUT2D eigenvalue weighted by Crippen LogP contribution is 2.40. The zero-order valence-corrected chi connectivity index (χ0v) is 28.7. The first kappa shape index (κ1) is 35.8. The predicted molar refractivity (Wildman–Crippen MR) is 177 cm³/mol. The average molecular weight is 699 g/mol. The first-order valence-corrected chi connectivity index (χ1v) is 16.5. The summed E-state index contributed by atoms with van der Waals surface area (Å²) in [6, 6.07) is 9.38. The summed E-state index contributed by atoms with van der Waals surface area (Å²) in [4.78, 5) is 55.9. The van der Waals surface area contributed by atoms with Crippen LogP contribution >= 0.6 is 11.6 Å². The third-order valence-corrected chi connectivity index (χ3v) is 9.56. The van der Waals surface area contributed by atoms with Crippen molar-refractivity contribution in [2.75, 3.05) is 7.05 Å². The summed E-state index contributed by atoms with van der Waals surface area (Å²) in [5, 5.41) is 9.46. The summed E-state index contributed by atoms with van der Waals surface area (Å²) in [7, 11) is 1.36. The van der Waals surface area contributed by atoms with E-state index in [0.29, 0.717) is 23.6 Å². The fourth-order valence-corrected chi connectivity index (χ4v) is 6.57. The lowest BCUT2D eigenvalue weighted by Crippen LogP contribution is -2.30. The van der Waals surface area contributed by atoms with Crippen LogP contribution in [0.4, 0.5) is 13.2 Å². The van der Waals surface area contributed by atoms with Gasteiger partial charge in [-0.15, -0.1) is 0 Å². The van der Waals surface area contributed by atoms with E-state index in [1.54, 1.807) is 12.3 Å². The van der Waals surface area contributed by atoms with Crippen LogP contribution in [0.25, 0.3) is 0 Å². The Hall–Kier alpha value is -4.45. The van der Waals surface area contributed by atoms with Crippen molar-refractivity contribution in [2.24, 2.45) is 0 Å². The van der Waals surface area contributed by atoms with Gasteiger partial charge in [0, 0.05) is 83.9 Å². The van der Waals surface area contributed by atoms with Gasteiger partial charge in [-0.1, -0.05) is 18.0 Å². The average Bonchev–Trinajstić information content (AvgIpc) is 3.62. The SMILES string of the molecule is CC(C)N1Cc2c(ccnc2C2CCC2)C1=O.CC(C)N1Cc2cc(Cl)ccc2C1=O.CN1Cc2c(cc(C(=O)O)cc2C(F)(F)F)C1=O. The lowest BCUT2D eigenvalue weighted by atomic mass is 9.80. The molecular formula is C36H38ClF3N4O5. The maximum absolute atomic E-state index is 12.8. The van der Waals surface area contributed by atoms with E-state index < -0.39 is 29.2 Å². The van der Waals surface area contributed by atoms with Gasteiger partial charge in [0.2, 0.25) is 0 Å². The number of carboxylic acid groups (broad SMARTS) is 1. The summed E-state index contributed by atoms with van der Waals surface area (Å²) in [6.45, 7) is 9.46. The molecule has 0 radical (unpaired) electrons. The predicted octanol–water partition coefficient (Wildman–Crippen LogP) is 7.41. The minimum absolute atomic E-state index is 0.117. The van der Waals surface area contributed by atoms with Crippen LogP contribution in [0, 0.1) is 0 Å². The third kappa shape index (κ3) is 7.15. The molecule has 9 nitrogen and oxygen atoms in total. The molecule has 49 heavy (non-hydrogen) atoms.